The molecule has 2 aliphatic heterocycles. The maximum absolute atomic E-state index is 12.0. The van der Waals surface area contributed by atoms with Crippen molar-refractivity contribution in [1.29, 1.82) is 0 Å². The SMILES string of the molecule is C=CCN1CC[C@]23c4c5ccc(O)c4O[C@H]2[C@@](O)(C(=O)O)CC[C@@]3(O)[C@H]1C5. The number of hydrogen-bond acceptors (Lipinski definition) is 6. The Kier molecular flexibility index (Phi) is 3.18. The third kappa shape index (κ3) is 1.71. The summed E-state index contributed by atoms with van der Waals surface area (Å²) in [6.45, 7) is 5.07. The van der Waals surface area contributed by atoms with Crippen molar-refractivity contribution < 1.29 is 30.0 Å². The van der Waals surface area contributed by atoms with Crippen LogP contribution in [0.3, 0.4) is 0 Å². The molecule has 1 aromatic rings. The lowest BCUT2D eigenvalue weighted by Crippen LogP contribution is -2.80. The van der Waals surface area contributed by atoms with Crippen LogP contribution >= 0.6 is 0 Å². The Morgan fingerprint density at radius 3 is 2.81 bits per heavy atom. The molecule has 144 valence electrons. The van der Waals surface area contributed by atoms with Crippen LogP contribution in [0.5, 0.6) is 11.5 Å². The Labute approximate surface area is 156 Å². The van der Waals surface area contributed by atoms with Gasteiger partial charge in [-0.2, -0.15) is 0 Å². The van der Waals surface area contributed by atoms with Gasteiger partial charge in [-0.1, -0.05) is 12.1 Å². The average Bonchev–Trinajstić information content (AvgIpc) is 2.98. The van der Waals surface area contributed by atoms with E-state index in [1.165, 1.54) is 0 Å². The molecule has 1 aromatic carbocycles. The van der Waals surface area contributed by atoms with E-state index in [4.69, 9.17) is 4.74 Å². The molecule has 4 aliphatic rings. The molecule has 2 fully saturated rings. The van der Waals surface area contributed by atoms with E-state index in [1.807, 2.05) is 6.07 Å². The molecule has 2 bridgehead atoms. The first-order valence-corrected chi connectivity index (χ1v) is 9.34. The number of rotatable bonds is 3. The molecule has 7 heteroatoms. The molecule has 5 atom stereocenters. The number of aliphatic hydroxyl groups is 2. The summed E-state index contributed by atoms with van der Waals surface area (Å²) in [4.78, 5) is 14.2. The molecule has 27 heavy (non-hydrogen) atoms. The Balaban J connectivity index is 1.80. The second-order valence-electron chi connectivity index (χ2n) is 8.32. The molecule has 4 N–H and O–H groups in total. The molecule has 1 spiro atoms. The fraction of sp³-hybridized carbons (Fsp3) is 0.550. The van der Waals surface area contributed by atoms with Crippen LogP contribution in [0.4, 0.5) is 0 Å². The lowest BCUT2D eigenvalue weighted by atomic mass is 9.46. The molecule has 0 amide bonds. The Bertz CT molecular complexity index is 870. The molecule has 7 nitrogen and oxygen atoms in total. The van der Waals surface area contributed by atoms with Gasteiger partial charge in [0.15, 0.2) is 23.2 Å². The highest BCUT2D eigenvalue weighted by Crippen LogP contribution is 2.66. The van der Waals surface area contributed by atoms with Gasteiger partial charge in [-0.15, -0.1) is 6.58 Å². The number of carbonyl (C=O) groups is 1. The number of hydrogen-bond donors (Lipinski definition) is 4. The number of benzene rings is 1. The molecule has 5 rings (SSSR count). The maximum Gasteiger partial charge on any atom is 0.339 e. The minimum absolute atomic E-state index is 0.0837. The molecule has 1 saturated carbocycles. The number of phenolic OH excluding ortho intramolecular Hbond substituents is 1. The lowest BCUT2D eigenvalue weighted by molar-refractivity contribution is -0.237. The van der Waals surface area contributed by atoms with Crippen molar-refractivity contribution in [2.24, 2.45) is 0 Å². The summed E-state index contributed by atoms with van der Waals surface area (Å²) in [7, 11) is 0. The predicted octanol–water partition coefficient (Wildman–Crippen LogP) is 0.548. The van der Waals surface area contributed by atoms with E-state index in [2.05, 4.69) is 11.5 Å². The first-order valence-electron chi connectivity index (χ1n) is 9.34. The molecule has 0 unspecified atom stereocenters. The van der Waals surface area contributed by atoms with E-state index >= 15 is 0 Å². The van der Waals surface area contributed by atoms with Gasteiger partial charge in [0.1, 0.15) is 0 Å². The summed E-state index contributed by atoms with van der Waals surface area (Å²) >= 11 is 0. The molecule has 2 heterocycles. The monoisotopic (exact) mass is 373 g/mol. The van der Waals surface area contributed by atoms with Crippen LogP contribution in [-0.2, 0) is 16.6 Å². The minimum atomic E-state index is -2.11. The number of ether oxygens (including phenoxy) is 1. The summed E-state index contributed by atoms with van der Waals surface area (Å²) in [6.07, 6.45) is 1.74. The standard InChI is InChI=1S/C20H23NO6/c1-2-8-21-9-7-18-14-11-3-4-12(22)15(14)27-16(18)19(25,17(23)24)5-6-20(18,26)13(21)10-11/h2-4,13,16,22,25-26H,1,5-10H2,(H,23,24)/t13-,16-,18+,19-,20-/m1/s1. The van der Waals surface area contributed by atoms with E-state index in [9.17, 15) is 25.2 Å². The number of carboxylic acids is 1. The summed E-state index contributed by atoms with van der Waals surface area (Å²) in [6, 6.07) is 3.14. The topological polar surface area (TPSA) is 110 Å². The Hall–Kier alpha value is -2.09. The van der Waals surface area contributed by atoms with Crippen LogP contribution in [0.15, 0.2) is 24.8 Å². The highest BCUT2D eigenvalue weighted by Gasteiger charge is 2.77. The predicted molar refractivity (Wildman–Crippen MR) is 94.8 cm³/mol. The second kappa shape index (κ2) is 5.04. The largest absolute Gasteiger partial charge is 0.504 e. The highest BCUT2D eigenvalue weighted by atomic mass is 16.5. The van der Waals surface area contributed by atoms with Gasteiger partial charge in [0, 0.05) is 18.2 Å². The van der Waals surface area contributed by atoms with Crippen LogP contribution < -0.4 is 4.74 Å². The molecule has 0 aromatic heterocycles. The van der Waals surface area contributed by atoms with Gasteiger partial charge < -0.3 is 25.2 Å². The van der Waals surface area contributed by atoms with E-state index in [0.717, 1.165) is 5.56 Å². The number of phenols is 1. The highest BCUT2D eigenvalue weighted by molar-refractivity contribution is 5.80. The number of likely N-dealkylation sites (tertiary alicyclic amines) is 1. The van der Waals surface area contributed by atoms with Gasteiger partial charge in [0.2, 0.25) is 0 Å². The van der Waals surface area contributed by atoms with Gasteiger partial charge in [0.05, 0.1) is 11.0 Å². The zero-order valence-corrected chi connectivity index (χ0v) is 14.9. The van der Waals surface area contributed by atoms with Crippen molar-refractivity contribution >= 4 is 5.97 Å². The zero-order chi connectivity index (χ0) is 19.2. The summed E-state index contributed by atoms with van der Waals surface area (Å²) < 4.78 is 5.97. The van der Waals surface area contributed by atoms with Gasteiger partial charge in [-0.25, -0.2) is 4.79 Å². The van der Waals surface area contributed by atoms with Crippen LogP contribution in [0.1, 0.15) is 30.4 Å². The summed E-state index contributed by atoms with van der Waals surface area (Å²) in [5.74, 6) is -1.22. The first kappa shape index (κ1) is 17.0. The van der Waals surface area contributed by atoms with Gasteiger partial charge >= 0.3 is 5.97 Å². The third-order valence-electron chi connectivity index (χ3n) is 7.38. The van der Waals surface area contributed by atoms with E-state index in [-0.39, 0.29) is 30.4 Å². The maximum atomic E-state index is 12.0. The van der Waals surface area contributed by atoms with Gasteiger partial charge in [-0.3, -0.25) is 4.90 Å². The van der Waals surface area contributed by atoms with Gasteiger partial charge in [-0.05, 0) is 43.9 Å². The first-order chi connectivity index (χ1) is 12.8. The van der Waals surface area contributed by atoms with Crippen molar-refractivity contribution in [3.05, 3.63) is 35.9 Å². The van der Waals surface area contributed by atoms with E-state index in [0.29, 0.717) is 31.5 Å². The Morgan fingerprint density at radius 2 is 2.11 bits per heavy atom. The average molecular weight is 373 g/mol. The summed E-state index contributed by atoms with van der Waals surface area (Å²) in [5.41, 5.74) is -2.79. The molecule has 0 radical (unpaired) electrons. The van der Waals surface area contributed by atoms with Crippen LogP contribution in [0.25, 0.3) is 0 Å². The normalized spacial score (nSPS) is 41.6. The number of aliphatic carboxylic acids is 1. The van der Waals surface area contributed by atoms with Crippen LogP contribution in [0, 0.1) is 0 Å². The fourth-order valence-corrected chi connectivity index (χ4v) is 6.25. The minimum Gasteiger partial charge on any atom is -0.504 e. The van der Waals surface area contributed by atoms with Crippen molar-refractivity contribution in [1.82, 2.24) is 4.90 Å². The van der Waals surface area contributed by atoms with E-state index in [1.54, 1.807) is 12.1 Å². The zero-order valence-electron chi connectivity index (χ0n) is 14.9. The number of nitrogens with zero attached hydrogens (tertiary/aromatic N) is 1. The van der Waals surface area contributed by atoms with Crippen molar-refractivity contribution in [3.8, 4) is 11.5 Å². The Morgan fingerprint density at radius 1 is 1.33 bits per heavy atom. The van der Waals surface area contributed by atoms with Gasteiger partial charge in [0.25, 0.3) is 0 Å². The molecular weight excluding hydrogens is 350 g/mol. The summed E-state index contributed by atoms with van der Waals surface area (Å²) in [5, 5.41) is 43.2. The van der Waals surface area contributed by atoms with Crippen LogP contribution in [0.2, 0.25) is 0 Å². The molecule has 1 saturated heterocycles. The lowest BCUT2D eigenvalue weighted by Gasteiger charge is -2.64. The van der Waals surface area contributed by atoms with Crippen molar-refractivity contribution in [2.75, 3.05) is 13.1 Å². The van der Waals surface area contributed by atoms with Crippen molar-refractivity contribution in [3.63, 3.8) is 0 Å². The van der Waals surface area contributed by atoms with Crippen LogP contribution in [-0.4, -0.2) is 67.7 Å². The molecule has 2 aliphatic carbocycles. The third-order valence-corrected chi connectivity index (χ3v) is 7.38. The fourth-order valence-electron chi connectivity index (χ4n) is 6.25. The number of aromatic hydroxyl groups is 1. The van der Waals surface area contributed by atoms with Crippen molar-refractivity contribution in [2.45, 2.75) is 54.4 Å². The quantitative estimate of drug-likeness (QED) is 0.573. The second-order valence-corrected chi connectivity index (χ2v) is 8.32. The smallest absolute Gasteiger partial charge is 0.339 e. The van der Waals surface area contributed by atoms with E-state index < -0.39 is 28.7 Å². The molecular formula is C20H23NO6. The number of piperidine rings is 1. The number of carboxylic acid groups (broad SMARTS) is 1.